The van der Waals surface area contributed by atoms with E-state index >= 15 is 0 Å². The molecule has 4 heteroatoms. The van der Waals surface area contributed by atoms with E-state index in [0.29, 0.717) is 13.2 Å². The van der Waals surface area contributed by atoms with Gasteiger partial charge < -0.3 is 4.74 Å². The Morgan fingerprint density at radius 2 is 2.62 bits per heavy atom. The number of aromatic nitrogens is 1. The number of hydrogen-bond donors (Lipinski definition) is 0. The zero-order valence-electron chi connectivity index (χ0n) is 7.45. The summed E-state index contributed by atoms with van der Waals surface area (Å²) in [6.07, 6.45) is 0.857. The van der Waals surface area contributed by atoms with E-state index in [4.69, 9.17) is 4.74 Å². The molecule has 1 aromatic heterocycles. The third-order valence-electron chi connectivity index (χ3n) is 2.27. The molecule has 3 nitrogen and oxygen atoms in total. The van der Waals surface area contributed by atoms with Crippen molar-refractivity contribution in [3.8, 4) is 0 Å². The number of ketones is 1. The first kappa shape index (κ1) is 8.84. The summed E-state index contributed by atoms with van der Waals surface area (Å²) in [5.74, 6) is 0.275. The molecule has 0 bridgehead atoms. The topological polar surface area (TPSA) is 39.2 Å². The van der Waals surface area contributed by atoms with Crippen LogP contribution in [0.3, 0.4) is 0 Å². The average Bonchev–Trinajstić information content (AvgIpc) is 2.72. The Kier molecular flexibility index (Phi) is 2.42. The maximum Gasteiger partial charge on any atom is 0.180 e. The van der Waals surface area contributed by atoms with E-state index in [9.17, 15) is 4.79 Å². The Bertz CT molecular complexity index is 315. The zero-order chi connectivity index (χ0) is 9.26. The van der Waals surface area contributed by atoms with Gasteiger partial charge in [0, 0.05) is 12.5 Å². The van der Waals surface area contributed by atoms with Crippen molar-refractivity contribution < 1.29 is 9.53 Å². The van der Waals surface area contributed by atoms with Gasteiger partial charge in [0.05, 0.1) is 22.7 Å². The van der Waals surface area contributed by atoms with Crippen LogP contribution in [0.2, 0.25) is 0 Å². The van der Waals surface area contributed by atoms with E-state index in [0.717, 1.165) is 17.0 Å². The molecule has 1 saturated heterocycles. The normalized spacial score (nSPS) is 22.1. The Hall–Kier alpha value is -0.740. The van der Waals surface area contributed by atoms with E-state index in [1.54, 1.807) is 5.51 Å². The summed E-state index contributed by atoms with van der Waals surface area (Å²) in [6, 6.07) is 0. The highest BCUT2D eigenvalue weighted by molar-refractivity contribution is 7.12. The molecule has 13 heavy (non-hydrogen) atoms. The van der Waals surface area contributed by atoms with Crippen LogP contribution in [0.5, 0.6) is 0 Å². The first-order chi connectivity index (χ1) is 6.29. The van der Waals surface area contributed by atoms with Gasteiger partial charge in [-0.05, 0) is 13.3 Å². The van der Waals surface area contributed by atoms with Crippen LogP contribution in [-0.2, 0) is 4.74 Å². The Morgan fingerprint density at radius 1 is 1.77 bits per heavy atom. The first-order valence-electron chi connectivity index (χ1n) is 4.31. The van der Waals surface area contributed by atoms with Crippen LogP contribution in [-0.4, -0.2) is 24.0 Å². The average molecular weight is 197 g/mol. The van der Waals surface area contributed by atoms with Gasteiger partial charge in [0.25, 0.3) is 0 Å². The van der Waals surface area contributed by atoms with Gasteiger partial charge in [-0.3, -0.25) is 4.79 Å². The zero-order valence-corrected chi connectivity index (χ0v) is 8.26. The van der Waals surface area contributed by atoms with Crippen molar-refractivity contribution in [1.29, 1.82) is 0 Å². The molecule has 1 aromatic rings. The maximum absolute atomic E-state index is 11.8. The summed E-state index contributed by atoms with van der Waals surface area (Å²) in [4.78, 5) is 16.7. The minimum absolute atomic E-state index is 0.0687. The van der Waals surface area contributed by atoms with Gasteiger partial charge in [0.1, 0.15) is 0 Å². The van der Waals surface area contributed by atoms with Crippen LogP contribution >= 0.6 is 11.3 Å². The summed E-state index contributed by atoms with van der Waals surface area (Å²) in [6.45, 7) is 3.17. The number of nitrogens with zero attached hydrogens (tertiary/aromatic N) is 1. The molecular weight excluding hydrogens is 186 g/mol. The monoisotopic (exact) mass is 197 g/mol. The Labute approximate surface area is 80.8 Å². The maximum atomic E-state index is 11.8. The highest BCUT2D eigenvalue weighted by Gasteiger charge is 2.26. The molecule has 1 aliphatic rings. The molecule has 0 aromatic carbocycles. The lowest BCUT2D eigenvalue weighted by Crippen LogP contribution is -2.14. The van der Waals surface area contributed by atoms with Crippen LogP contribution < -0.4 is 0 Å². The van der Waals surface area contributed by atoms with Gasteiger partial charge in [0.15, 0.2) is 5.78 Å². The smallest absolute Gasteiger partial charge is 0.180 e. The predicted octanol–water partition coefficient (Wildman–Crippen LogP) is 1.67. The van der Waals surface area contributed by atoms with Crippen LogP contribution in [0, 0.1) is 12.8 Å². The number of thiazole rings is 1. The molecule has 2 heterocycles. The fourth-order valence-electron chi connectivity index (χ4n) is 1.47. The second-order valence-electron chi connectivity index (χ2n) is 3.19. The van der Waals surface area contributed by atoms with Crippen LogP contribution in [0.25, 0.3) is 0 Å². The molecule has 0 radical (unpaired) electrons. The van der Waals surface area contributed by atoms with Crippen molar-refractivity contribution in [2.24, 2.45) is 5.92 Å². The number of Topliss-reactive ketones (excluding diaryl/α,β-unsaturated/α-hetero) is 1. The fraction of sp³-hybridized carbons (Fsp3) is 0.556. The van der Waals surface area contributed by atoms with Crippen molar-refractivity contribution in [1.82, 2.24) is 4.98 Å². The van der Waals surface area contributed by atoms with E-state index < -0.39 is 0 Å². The molecule has 0 N–H and O–H groups in total. The van der Waals surface area contributed by atoms with Gasteiger partial charge in [-0.25, -0.2) is 4.98 Å². The second kappa shape index (κ2) is 3.55. The van der Waals surface area contributed by atoms with E-state index in [-0.39, 0.29) is 11.7 Å². The highest BCUT2D eigenvalue weighted by Crippen LogP contribution is 2.22. The summed E-state index contributed by atoms with van der Waals surface area (Å²) < 4.78 is 5.18. The van der Waals surface area contributed by atoms with Gasteiger partial charge >= 0.3 is 0 Å². The van der Waals surface area contributed by atoms with Crippen LogP contribution in [0.15, 0.2) is 5.51 Å². The summed E-state index contributed by atoms with van der Waals surface area (Å²) in [5.41, 5.74) is 2.57. The number of aryl methyl sites for hydroxylation is 1. The standard InChI is InChI=1S/C9H11NO2S/c1-6-9(13-5-10-6)8(11)7-2-3-12-4-7/h5,7H,2-4H2,1H3. The van der Waals surface area contributed by atoms with Crippen molar-refractivity contribution >= 4 is 17.1 Å². The SMILES string of the molecule is Cc1ncsc1C(=O)C1CCOC1. The summed E-state index contributed by atoms with van der Waals surface area (Å²) in [7, 11) is 0. The highest BCUT2D eigenvalue weighted by atomic mass is 32.1. The minimum atomic E-state index is 0.0687. The molecule has 0 amide bonds. The van der Waals surface area contributed by atoms with E-state index in [1.807, 2.05) is 6.92 Å². The predicted molar refractivity (Wildman–Crippen MR) is 50.1 cm³/mol. The van der Waals surface area contributed by atoms with Gasteiger partial charge in [0.2, 0.25) is 0 Å². The van der Waals surface area contributed by atoms with Gasteiger partial charge in [-0.15, -0.1) is 11.3 Å². The number of rotatable bonds is 2. The third-order valence-corrected chi connectivity index (χ3v) is 3.21. The molecule has 1 unspecified atom stereocenters. The van der Waals surface area contributed by atoms with Crippen molar-refractivity contribution in [3.63, 3.8) is 0 Å². The first-order valence-corrected chi connectivity index (χ1v) is 5.19. The molecule has 0 spiro atoms. The Balaban J connectivity index is 2.17. The molecule has 70 valence electrons. The third kappa shape index (κ3) is 1.64. The largest absolute Gasteiger partial charge is 0.381 e. The van der Waals surface area contributed by atoms with E-state index in [2.05, 4.69) is 4.98 Å². The molecule has 0 aliphatic carbocycles. The van der Waals surface area contributed by atoms with Gasteiger partial charge in [-0.1, -0.05) is 0 Å². The fourth-order valence-corrected chi connectivity index (χ4v) is 2.29. The van der Waals surface area contributed by atoms with E-state index in [1.165, 1.54) is 11.3 Å². The molecular formula is C9H11NO2S. The number of hydrogen-bond acceptors (Lipinski definition) is 4. The number of carbonyl (C=O) groups excluding carboxylic acids is 1. The molecule has 1 aliphatic heterocycles. The Morgan fingerprint density at radius 3 is 3.15 bits per heavy atom. The molecule has 0 saturated carbocycles. The quantitative estimate of drug-likeness (QED) is 0.677. The molecule has 1 atom stereocenters. The minimum Gasteiger partial charge on any atom is -0.381 e. The number of ether oxygens (including phenoxy) is 1. The van der Waals surface area contributed by atoms with Crippen molar-refractivity contribution in [3.05, 3.63) is 16.1 Å². The lowest BCUT2D eigenvalue weighted by Gasteiger charge is -2.03. The summed E-state index contributed by atoms with van der Waals surface area (Å²) in [5, 5.41) is 0. The van der Waals surface area contributed by atoms with Gasteiger partial charge in [-0.2, -0.15) is 0 Å². The number of carbonyl (C=O) groups is 1. The molecule has 1 fully saturated rings. The van der Waals surface area contributed by atoms with Crippen molar-refractivity contribution in [2.75, 3.05) is 13.2 Å². The summed E-state index contributed by atoms with van der Waals surface area (Å²) >= 11 is 1.43. The lowest BCUT2D eigenvalue weighted by molar-refractivity contribution is 0.0903. The second-order valence-corrected chi connectivity index (χ2v) is 4.05. The van der Waals surface area contributed by atoms with Crippen LogP contribution in [0.4, 0.5) is 0 Å². The molecule has 2 rings (SSSR count). The van der Waals surface area contributed by atoms with Crippen molar-refractivity contribution in [2.45, 2.75) is 13.3 Å². The lowest BCUT2D eigenvalue weighted by atomic mass is 10.0. The van der Waals surface area contributed by atoms with Crippen LogP contribution in [0.1, 0.15) is 21.8 Å².